The van der Waals surface area contributed by atoms with Gasteiger partial charge in [0.05, 0.1) is 24.9 Å². The third kappa shape index (κ3) is 4.49. The Morgan fingerprint density at radius 2 is 1.86 bits per heavy atom. The second-order valence-corrected chi connectivity index (χ2v) is 8.79. The number of amides is 2. The van der Waals surface area contributed by atoms with E-state index in [4.69, 9.17) is 4.74 Å². The number of aromatic nitrogens is 1. The van der Waals surface area contributed by atoms with Crippen molar-refractivity contribution >= 4 is 23.8 Å². The number of rotatable bonds is 10. The molecule has 2 aromatic rings. The Kier molecular flexibility index (Phi) is 6.83. The topological polar surface area (TPSA) is 146 Å². The fourth-order valence-electron chi connectivity index (χ4n) is 5.01. The molecule has 0 bridgehead atoms. The number of aliphatic carboxylic acids is 2. The maximum absolute atomic E-state index is 13.5. The highest BCUT2D eigenvalue weighted by Gasteiger charge is 2.68. The van der Waals surface area contributed by atoms with Gasteiger partial charge in [0.2, 0.25) is 11.8 Å². The molecule has 0 radical (unpaired) electrons. The number of likely N-dealkylation sites (tertiary alicyclic amines) is 1. The van der Waals surface area contributed by atoms with Crippen LogP contribution >= 0.6 is 0 Å². The van der Waals surface area contributed by atoms with Crippen molar-refractivity contribution in [2.75, 3.05) is 13.2 Å². The first-order valence-corrected chi connectivity index (χ1v) is 11.5. The Morgan fingerprint density at radius 1 is 1.11 bits per heavy atom. The zero-order valence-electron chi connectivity index (χ0n) is 19.2. The molecular weight excluding hydrogens is 454 g/mol. The first kappa shape index (κ1) is 24.3. The first-order chi connectivity index (χ1) is 16.8. The summed E-state index contributed by atoms with van der Waals surface area (Å²) in [7, 11) is 0. The minimum absolute atomic E-state index is 0.0287. The first-order valence-electron chi connectivity index (χ1n) is 11.5. The normalized spacial score (nSPS) is 25.5. The van der Waals surface area contributed by atoms with E-state index in [1.165, 1.54) is 0 Å². The van der Waals surface area contributed by atoms with E-state index < -0.39 is 53.6 Å². The zero-order chi connectivity index (χ0) is 25.2. The highest BCUT2D eigenvalue weighted by atomic mass is 16.5. The van der Waals surface area contributed by atoms with Crippen molar-refractivity contribution in [1.29, 1.82) is 0 Å². The number of hydrogen-bond donors (Lipinski definition) is 3. The minimum Gasteiger partial charge on any atom is -0.494 e. The number of ether oxygens (including phenoxy) is 1. The van der Waals surface area contributed by atoms with E-state index in [0.717, 1.165) is 11.3 Å². The zero-order valence-corrected chi connectivity index (χ0v) is 19.2. The fraction of sp³-hybridized carbons (Fsp3) is 0.400. The molecule has 10 heteroatoms. The Bertz CT molecular complexity index is 1120. The standard InChI is InChI=1S/C25H27N3O7/c1-2-13-35-17-8-6-15(7-9-17)21-19-20(25(27-21,24(33)34)14-18(29)30)23(32)28(22(19)31)12-10-16-5-3-4-11-26-16/h3-9,11,19-21,27H,2,10,12-14H2,1H3,(H,29,30)(H,33,34). The molecule has 2 fully saturated rings. The predicted molar refractivity (Wildman–Crippen MR) is 122 cm³/mol. The van der Waals surface area contributed by atoms with E-state index in [9.17, 15) is 29.4 Å². The number of hydrogen-bond acceptors (Lipinski definition) is 7. The predicted octanol–water partition coefficient (Wildman–Crippen LogP) is 1.66. The SMILES string of the molecule is CCCOc1ccc(C2NC(CC(=O)O)(C(=O)O)C3C(=O)N(CCc4ccccn4)C(=O)C23)cc1. The average Bonchev–Trinajstić information content (AvgIpc) is 3.31. The Labute approximate surface area is 201 Å². The van der Waals surface area contributed by atoms with E-state index in [-0.39, 0.29) is 6.54 Å². The number of benzene rings is 1. The molecule has 10 nitrogen and oxygen atoms in total. The number of pyridine rings is 1. The Balaban J connectivity index is 1.68. The van der Waals surface area contributed by atoms with Crippen LogP contribution in [0.15, 0.2) is 48.7 Å². The molecule has 35 heavy (non-hydrogen) atoms. The lowest BCUT2D eigenvalue weighted by atomic mass is 9.77. The van der Waals surface area contributed by atoms with Crippen molar-refractivity contribution in [3.63, 3.8) is 0 Å². The molecule has 2 amide bonds. The van der Waals surface area contributed by atoms with Crippen molar-refractivity contribution in [3.8, 4) is 5.75 Å². The molecule has 4 unspecified atom stereocenters. The third-order valence-corrected chi connectivity index (χ3v) is 6.59. The number of carbonyl (C=O) groups is 4. The molecule has 4 atom stereocenters. The molecule has 0 saturated carbocycles. The van der Waals surface area contributed by atoms with Crippen molar-refractivity contribution in [3.05, 3.63) is 59.9 Å². The molecule has 4 rings (SSSR count). The van der Waals surface area contributed by atoms with Crippen LogP contribution in [0.2, 0.25) is 0 Å². The van der Waals surface area contributed by atoms with E-state index >= 15 is 0 Å². The van der Waals surface area contributed by atoms with Crippen LogP contribution < -0.4 is 10.1 Å². The van der Waals surface area contributed by atoms with Gasteiger partial charge in [-0.2, -0.15) is 0 Å². The largest absolute Gasteiger partial charge is 0.494 e. The monoisotopic (exact) mass is 481 g/mol. The van der Waals surface area contributed by atoms with Crippen molar-refractivity contribution in [1.82, 2.24) is 15.2 Å². The number of carboxylic acids is 2. The van der Waals surface area contributed by atoms with Crippen LogP contribution in [0.5, 0.6) is 5.75 Å². The molecule has 3 heterocycles. The van der Waals surface area contributed by atoms with E-state index in [1.807, 2.05) is 6.92 Å². The maximum Gasteiger partial charge on any atom is 0.325 e. The fourth-order valence-corrected chi connectivity index (χ4v) is 5.01. The van der Waals surface area contributed by atoms with Gasteiger partial charge in [-0.25, -0.2) is 0 Å². The highest BCUT2D eigenvalue weighted by molar-refractivity contribution is 6.10. The Morgan fingerprint density at radius 3 is 2.46 bits per heavy atom. The van der Waals surface area contributed by atoms with Crippen molar-refractivity contribution in [2.45, 2.75) is 37.8 Å². The number of nitrogens with zero attached hydrogens (tertiary/aromatic N) is 2. The van der Waals surface area contributed by atoms with Crippen LogP contribution in [0.3, 0.4) is 0 Å². The van der Waals surface area contributed by atoms with Gasteiger partial charge < -0.3 is 14.9 Å². The van der Waals surface area contributed by atoms with Gasteiger partial charge in [-0.3, -0.25) is 34.4 Å². The summed E-state index contributed by atoms with van der Waals surface area (Å²) in [6, 6.07) is 11.3. The quantitative estimate of drug-likeness (QED) is 0.431. The number of nitrogens with one attached hydrogen (secondary N) is 1. The molecule has 184 valence electrons. The summed E-state index contributed by atoms with van der Waals surface area (Å²) in [6.45, 7) is 2.54. The van der Waals surface area contributed by atoms with Crippen LogP contribution in [0.1, 0.15) is 37.1 Å². The number of carboxylic acid groups (broad SMARTS) is 2. The average molecular weight is 482 g/mol. The van der Waals surface area contributed by atoms with Gasteiger partial charge in [0.25, 0.3) is 0 Å². The Hall–Kier alpha value is -3.79. The number of carbonyl (C=O) groups excluding carboxylic acids is 2. The summed E-state index contributed by atoms with van der Waals surface area (Å²) in [5, 5.41) is 22.5. The second-order valence-electron chi connectivity index (χ2n) is 8.79. The third-order valence-electron chi connectivity index (χ3n) is 6.59. The molecule has 2 aliphatic rings. The molecule has 1 aromatic heterocycles. The molecule has 2 saturated heterocycles. The van der Waals surface area contributed by atoms with E-state index in [2.05, 4.69) is 10.3 Å². The van der Waals surface area contributed by atoms with Crippen LogP contribution in [-0.2, 0) is 25.6 Å². The lowest BCUT2D eigenvalue weighted by Gasteiger charge is -2.29. The van der Waals surface area contributed by atoms with Gasteiger partial charge in [0.15, 0.2) is 0 Å². The van der Waals surface area contributed by atoms with Crippen molar-refractivity contribution in [2.24, 2.45) is 11.8 Å². The minimum atomic E-state index is -2.12. The molecule has 2 aliphatic heterocycles. The van der Waals surface area contributed by atoms with E-state index in [1.54, 1.807) is 48.7 Å². The molecule has 3 N–H and O–H groups in total. The molecule has 1 aromatic carbocycles. The van der Waals surface area contributed by atoms with Crippen molar-refractivity contribution < 1.29 is 34.1 Å². The lowest BCUT2D eigenvalue weighted by Crippen LogP contribution is -2.57. The van der Waals surface area contributed by atoms with Gasteiger partial charge in [0.1, 0.15) is 11.3 Å². The molecular formula is C25H27N3O7. The smallest absolute Gasteiger partial charge is 0.325 e. The maximum atomic E-state index is 13.5. The lowest BCUT2D eigenvalue weighted by molar-refractivity contribution is -0.156. The van der Waals surface area contributed by atoms with Gasteiger partial charge in [-0.15, -0.1) is 0 Å². The van der Waals surface area contributed by atoms with Gasteiger partial charge in [-0.1, -0.05) is 25.1 Å². The van der Waals surface area contributed by atoms with Gasteiger partial charge in [0, 0.05) is 30.9 Å². The summed E-state index contributed by atoms with van der Waals surface area (Å²) < 4.78 is 5.59. The second kappa shape index (κ2) is 9.83. The summed E-state index contributed by atoms with van der Waals surface area (Å²) in [6.07, 6.45) is 1.90. The van der Waals surface area contributed by atoms with Gasteiger partial charge in [-0.05, 0) is 36.2 Å². The van der Waals surface area contributed by atoms with Crippen LogP contribution in [0.4, 0.5) is 0 Å². The summed E-state index contributed by atoms with van der Waals surface area (Å²) in [4.78, 5) is 56.3. The van der Waals surface area contributed by atoms with Gasteiger partial charge >= 0.3 is 11.9 Å². The number of imide groups is 1. The van der Waals surface area contributed by atoms with E-state index in [0.29, 0.717) is 30.0 Å². The molecule has 0 spiro atoms. The summed E-state index contributed by atoms with van der Waals surface area (Å²) in [5.74, 6) is -5.85. The molecule has 0 aliphatic carbocycles. The van der Waals surface area contributed by atoms with Crippen LogP contribution in [0, 0.1) is 11.8 Å². The van der Waals surface area contributed by atoms with Crippen LogP contribution in [-0.4, -0.2) is 62.5 Å². The summed E-state index contributed by atoms with van der Waals surface area (Å²) in [5.41, 5.74) is -0.868. The number of fused-ring (bicyclic) bond motifs is 1. The highest BCUT2D eigenvalue weighted by Crippen LogP contribution is 2.50. The summed E-state index contributed by atoms with van der Waals surface area (Å²) >= 11 is 0. The van der Waals surface area contributed by atoms with Crippen LogP contribution in [0.25, 0.3) is 0 Å².